The molecule has 0 aliphatic heterocycles. The number of esters is 1. The van der Waals surface area contributed by atoms with E-state index in [0.29, 0.717) is 11.6 Å². The van der Waals surface area contributed by atoms with Gasteiger partial charge in [-0.25, -0.2) is 9.78 Å². The van der Waals surface area contributed by atoms with Crippen LogP contribution in [0.15, 0.2) is 5.38 Å². The highest BCUT2D eigenvalue weighted by Gasteiger charge is 2.18. The fourth-order valence-electron chi connectivity index (χ4n) is 0.956. The van der Waals surface area contributed by atoms with Gasteiger partial charge in [0.25, 0.3) is 0 Å². The summed E-state index contributed by atoms with van der Waals surface area (Å²) in [7, 11) is 0. The molecular formula is C11H18N2O2S. The van der Waals surface area contributed by atoms with Gasteiger partial charge in [0.05, 0.1) is 6.04 Å². The molecule has 2 N–H and O–H groups in total. The molecule has 90 valence electrons. The average Bonchev–Trinajstić information content (AvgIpc) is 2.65. The topological polar surface area (TPSA) is 65.2 Å². The lowest BCUT2D eigenvalue weighted by Crippen LogP contribution is -2.20. The van der Waals surface area contributed by atoms with Crippen LogP contribution in [0.2, 0.25) is 0 Å². The molecule has 0 aliphatic rings. The molecule has 2 atom stereocenters. The van der Waals surface area contributed by atoms with Crippen LogP contribution in [0.4, 0.5) is 0 Å². The molecule has 0 aromatic carbocycles. The van der Waals surface area contributed by atoms with Crippen molar-refractivity contribution in [3.8, 4) is 0 Å². The van der Waals surface area contributed by atoms with E-state index in [1.165, 1.54) is 11.3 Å². The van der Waals surface area contributed by atoms with Gasteiger partial charge in [0.15, 0.2) is 5.69 Å². The van der Waals surface area contributed by atoms with E-state index in [1.807, 2.05) is 27.7 Å². The molecule has 0 aliphatic carbocycles. The van der Waals surface area contributed by atoms with E-state index in [-0.39, 0.29) is 18.1 Å². The summed E-state index contributed by atoms with van der Waals surface area (Å²) in [4.78, 5) is 15.8. The normalized spacial score (nSPS) is 14.9. The maximum Gasteiger partial charge on any atom is 0.358 e. The third-order valence-corrected chi connectivity index (χ3v) is 3.40. The molecule has 4 nitrogen and oxygen atoms in total. The van der Waals surface area contributed by atoms with Crippen LogP contribution in [0.1, 0.15) is 49.2 Å². The fourth-order valence-corrected chi connectivity index (χ4v) is 1.70. The largest absolute Gasteiger partial charge is 0.458 e. The van der Waals surface area contributed by atoms with E-state index in [0.717, 1.165) is 5.01 Å². The molecule has 1 heterocycles. The lowest BCUT2D eigenvalue weighted by molar-refractivity contribution is 0.0232. The molecule has 0 amide bonds. The molecule has 1 aromatic heterocycles. The first kappa shape index (κ1) is 13.1. The number of nitrogens with zero attached hydrogens (tertiary/aromatic N) is 1. The number of nitrogens with two attached hydrogens (primary N) is 1. The van der Waals surface area contributed by atoms with Crippen molar-refractivity contribution in [3.05, 3.63) is 16.1 Å². The van der Waals surface area contributed by atoms with Gasteiger partial charge in [0.2, 0.25) is 0 Å². The highest BCUT2D eigenvalue weighted by atomic mass is 32.1. The Morgan fingerprint density at radius 3 is 2.50 bits per heavy atom. The minimum atomic E-state index is -0.371. The molecule has 1 aromatic rings. The van der Waals surface area contributed by atoms with Crippen LogP contribution in [0.5, 0.6) is 0 Å². The maximum absolute atomic E-state index is 11.7. The number of hydrogen-bond donors (Lipinski definition) is 1. The molecule has 5 heteroatoms. The first-order valence-corrected chi connectivity index (χ1v) is 6.21. The van der Waals surface area contributed by atoms with Crippen molar-refractivity contribution >= 4 is 17.3 Å². The van der Waals surface area contributed by atoms with Crippen LogP contribution < -0.4 is 5.73 Å². The Balaban J connectivity index is 2.66. The quantitative estimate of drug-likeness (QED) is 0.823. The number of rotatable bonds is 4. The van der Waals surface area contributed by atoms with Gasteiger partial charge >= 0.3 is 5.97 Å². The van der Waals surface area contributed by atoms with Crippen LogP contribution in [-0.2, 0) is 4.74 Å². The van der Waals surface area contributed by atoms with Gasteiger partial charge in [0.1, 0.15) is 11.1 Å². The highest BCUT2D eigenvalue weighted by Crippen LogP contribution is 2.17. The Bertz CT molecular complexity index is 361. The lowest BCUT2D eigenvalue weighted by Gasteiger charge is -2.15. The Kier molecular flexibility index (Phi) is 4.44. The van der Waals surface area contributed by atoms with Crippen molar-refractivity contribution < 1.29 is 9.53 Å². The predicted octanol–water partition coefficient (Wildman–Crippen LogP) is 2.36. The van der Waals surface area contributed by atoms with Crippen molar-refractivity contribution in [1.29, 1.82) is 0 Å². The van der Waals surface area contributed by atoms with Crippen molar-refractivity contribution in [2.45, 2.75) is 39.8 Å². The van der Waals surface area contributed by atoms with Gasteiger partial charge in [-0.15, -0.1) is 11.3 Å². The Labute approximate surface area is 99.8 Å². The number of aromatic nitrogens is 1. The van der Waals surface area contributed by atoms with E-state index in [9.17, 15) is 4.79 Å². The summed E-state index contributed by atoms with van der Waals surface area (Å²) < 4.78 is 5.26. The Hall–Kier alpha value is -0.940. The SMILES string of the molecule is CC(N)c1nc(C(=O)OC(C)C(C)C)cs1. The second-order valence-electron chi connectivity index (χ2n) is 4.21. The molecule has 0 fully saturated rings. The number of carbonyl (C=O) groups excluding carboxylic acids is 1. The molecule has 0 saturated heterocycles. The number of carbonyl (C=O) groups is 1. The number of thiazole rings is 1. The van der Waals surface area contributed by atoms with E-state index < -0.39 is 0 Å². The monoisotopic (exact) mass is 242 g/mol. The zero-order valence-electron chi connectivity index (χ0n) is 10.1. The van der Waals surface area contributed by atoms with Gasteiger partial charge < -0.3 is 10.5 Å². The Morgan fingerprint density at radius 1 is 1.44 bits per heavy atom. The van der Waals surface area contributed by atoms with E-state index in [1.54, 1.807) is 5.38 Å². The van der Waals surface area contributed by atoms with Crippen molar-refractivity contribution in [3.63, 3.8) is 0 Å². The van der Waals surface area contributed by atoms with Crippen molar-refractivity contribution in [2.24, 2.45) is 11.7 Å². The molecule has 0 saturated carbocycles. The van der Waals surface area contributed by atoms with Crippen LogP contribution >= 0.6 is 11.3 Å². The second-order valence-corrected chi connectivity index (χ2v) is 5.10. The van der Waals surface area contributed by atoms with Crippen LogP contribution in [0.3, 0.4) is 0 Å². The maximum atomic E-state index is 11.7. The number of hydrogen-bond acceptors (Lipinski definition) is 5. The zero-order valence-corrected chi connectivity index (χ0v) is 10.9. The van der Waals surface area contributed by atoms with Gasteiger partial charge in [-0.2, -0.15) is 0 Å². The van der Waals surface area contributed by atoms with Gasteiger partial charge in [-0.1, -0.05) is 13.8 Å². The standard InChI is InChI=1S/C11H18N2O2S/c1-6(2)8(4)15-11(14)9-5-16-10(13-9)7(3)12/h5-8H,12H2,1-4H3. The minimum absolute atomic E-state index is 0.104. The zero-order chi connectivity index (χ0) is 12.3. The van der Waals surface area contributed by atoms with E-state index in [2.05, 4.69) is 4.98 Å². The van der Waals surface area contributed by atoms with Crippen LogP contribution in [0.25, 0.3) is 0 Å². The van der Waals surface area contributed by atoms with Gasteiger partial charge in [0, 0.05) is 5.38 Å². The molecule has 1 rings (SSSR count). The Morgan fingerprint density at radius 2 is 2.06 bits per heavy atom. The third kappa shape index (κ3) is 3.28. The smallest absolute Gasteiger partial charge is 0.358 e. The first-order valence-electron chi connectivity index (χ1n) is 5.33. The summed E-state index contributed by atoms with van der Waals surface area (Å²) in [5.41, 5.74) is 6.02. The van der Waals surface area contributed by atoms with Crippen molar-refractivity contribution in [2.75, 3.05) is 0 Å². The predicted molar refractivity (Wildman–Crippen MR) is 64.4 cm³/mol. The molecular weight excluding hydrogens is 224 g/mol. The third-order valence-electron chi connectivity index (χ3n) is 2.35. The number of ether oxygens (including phenoxy) is 1. The minimum Gasteiger partial charge on any atom is -0.458 e. The molecule has 0 bridgehead atoms. The van der Waals surface area contributed by atoms with Crippen LogP contribution in [0, 0.1) is 5.92 Å². The second kappa shape index (κ2) is 5.41. The first-order chi connectivity index (χ1) is 7.41. The lowest BCUT2D eigenvalue weighted by atomic mass is 10.1. The summed E-state index contributed by atoms with van der Waals surface area (Å²) in [6.07, 6.45) is -0.104. The van der Waals surface area contributed by atoms with Gasteiger partial charge in [-0.3, -0.25) is 0 Å². The average molecular weight is 242 g/mol. The van der Waals surface area contributed by atoms with E-state index >= 15 is 0 Å². The summed E-state index contributed by atoms with van der Waals surface area (Å²) in [6, 6.07) is -0.144. The van der Waals surface area contributed by atoms with E-state index in [4.69, 9.17) is 10.5 Å². The van der Waals surface area contributed by atoms with Crippen LogP contribution in [-0.4, -0.2) is 17.1 Å². The molecule has 0 spiro atoms. The molecule has 0 radical (unpaired) electrons. The summed E-state index contributed by atoms with van der Waals surface area (Å²) >= 11 is 1.38. The summed E-state index contributed by atoms with van der Waals surface area (Å²) in [5, 5.41) is 2.44. The highest BCUT2D eigenvalue weighted by molar-refractivity contribution is 7.09. The summed E-state index contributed by atoms with van der Waals surface area (Å²) in [5.74, 6) is -0.0696. The van der Waals surface area contributed by atoms with Crippen molar-refractivity contribution in [1.82, 2.24) is 4.98 Å². The summed E-state index contributed by atoms with van der Waals surface area (Å²) in [6.45, 7) is 7.73. The fraction of sp³-hybridized carbons (Fsp3) is 0.636. The molecule has 2 unspecified atom stereocenters. The molecule has 16 heavy (non-hydrogen) atoms. The van der Waals surface area contributed by atoms with Gasteiger partial charge in [-0.05, 0) is 19.8 Å².